The molecule has 1 heterocycles. The van der Waals surface area contributed by atoms with E-state index < -0.39 is 24.2 Å². The Labute approximate surface area is 150 Å². The lowest BCUT2D eigenvalue weighted by Crippen LogP contribution is -2.30. The van der Waals surface area contributed by atoms with Crippen molar-refractivity contribution in [2.75, 3.05) is 6.54 Å². The molecule has 8 heteroatoms. The molecule has 0 aliphatic carbocycles. The van der Waals surface area contributed by atoms with Gasteiger partial charge in [0.25, 0.3) is 0 Å². The van der Waals surface area contributed by atoms with Gasteiger partial charge in [0.15, 0.2) is 0 Å². The molecular weight excluding hydrogens is 338 g/mol. The average molecular weight is 359 g/mol. The number of aliphatic hydroxyl groups excluding tert-OH is 2. The molecule has 0 saturated carbocycles. The van der Waals surface area contributed by atoms with Crippen LogP contribution in [0.15, 0.2) is 48.8 Å². The molecule has 2 amide bonds. The van der Waals surface area contributed by atoms with Gasteiger partial charge in [0.05, 0.1) is 11.7 Å². The van der Waals surface area contributed by atoms with Crippen LogP contribution in [0, 0.1) is 0 Å². The second-order valence-corrected chi connectivity index (χ2v) is 5.66. The van der Waals surface area contributed by atoms with E-state index in [9.17, 15) is 19.8 Å². The number of amides is 2. The van der Waals surface area contributed by atoms with E-state index in [0.717, 1.165) is 5.56 Å². The van der Waals surface area contributed by atoms with Gasteiger partial charge in [0, 0.05) is 24.5 Å². The van der Waals surface area contributed by atoms with Crippen LogP contribution in [-0.4, -0.2) is 39.8 Å². The van der Waals surface area contributed by atoms with Gasteiger partial charge in [-0.2, -0.15) is 0 Å². The summed E-state index contributed by atoms with van der Waals surface area (Å²) in [6.07, 6.45) is -0.342. The van der Waals surface area contributed by atoms with E-state index in [-0.39, 0.29) is 30.7 Å². The van der Waals surface area contributed by atoms with E-state index in [1.807, 2.05) is 30.3 Å². The van der Waals surface area contributed by atoms with Crippen molar-refractivity contribution in [1.29, 1.82) is 0 Å². The van der Waals surface area contributed by atoms with Gasteiger partial charge < -0.3 is 26.0 Å². The molecule has 138 valence electrons. The van der Waals surface area contributed by atoms with Gasteiger partial charge in [-0.05, 0) is 18.1 Å². The zero-order chi connectivity index (χ0) is 18.9. The minimum atomic E-state index is -1.26. The monoisotopic (exact) mass is 359 g/mol. The lowest BCUT2D eigenvalue weighted by atomic mass is 10.0. The molecule has 1 aromatic heterocycles. The van der Waals surface area contributed by atoms with E-state index in [0.29, 0.717) is 0 Å². The maximum atomic E-state index is 11.6. The third kappa shape index (κ3) is 5.83. The number of carbonyl (C=O) groups is 2. The summed E-state index contributed by atoms with van der Waals surface area (Å²) in [6.45, 7) is 0.248. The number of nitrogens with one attached hydrogen (secondary N) is 1. The standard InChI is InChI=1S/C18H21N3O5/c19-17(24)14-8-13(9-20-10-14)16(23)15(22)6-7-21-18(25)26-11-12-4-2-1-3-5-12/h1-5,8-10,15-16,22-23H,6-7,11H2,(H2,19,24)(H,21,25). The first-order valence-electron chi connectivity index (χ1n) is 8.03. The molecule has 2 rings (SSSR count). The van der Waals surface area contributed by atoms with Gasteiger partial charge in [-0.1, -0.05) is 30.3 Å². The number of rotatable bonds is 8. The number of benzene rings is 1. The number of nitrogens with zero attached hydrogens (tertiary/aromatic N) is 1. The molecule has 1 aromatic carbocycles. The minimum Gasteiger partial charge on any atom is -0.445 e. The van der Waals surface area contributed by atoms with Crippen molar-refractivity contribution in [3.63, 3.8) is 0 Å². The first kappa shape index (κ1) is 19.4. The fourth-order valence-electron chi connectivity index (χ4n) is 2.23. The summed E-state index contributed by atoms with van der Waals surface area (Å²) in [6, 6.07) is 10.6. The van der Waals surface area contributed by atoms with Crippen LogP contribution >= 0.6 is 0 Å². The Balaban J connectivity index is 1.75. The van der Waals surface area contributed by atoms with E-state index in [1.54, 1.807) is 0 Å². The van der Waals surface area contributed by atoms with Gasteiger partial charge in [-0.25, -0.2) is 4.79 Å². The highest BCUT2D eigenvalue weighted by Gasteiger charge is 2.20. The first-order valence-corrected chi connectivity index (χ1v) is 8.03. The quantitative estimate of drug-likeness (QED) is 0.553. The van der Waals surface area contributed by atoms with Crippen molar-refractivity contribution in [1.82, 2.24) is 10.3 Å². The highest BCUT2D eigenvalue weighted by molar-refractivity contribution is 5.92. The van der Waals surface area contributed by atoms with Crippen molar-refractivity contribution in [2.24, 2.45) is 5.73 Å². The first-order chi connectivity index (χ1) is 12.5. The van der Waals surface area contributed by atoms with Gasteiger partial charge in [0.1, 0.15) is 12.7 Å². The van der Waals surface area contributed by atoms with Crippen molar-refractivity contribution in [2.45, 2.75) is 25.2 Å². The van der Waals surface area contributed by atoms with Crippen molar-refractivity contribution < 1.29 is 24.5 Å². The van der Waals surface area contributed by atoms with Gasteiger partial charge in [-0.15, -0.1) is 0 Å². The predicted molar refractivity (Wildman–Crippen MR) is 93.0 cm³/mol. The molecular formula is C18H21N3O5. The Morgan fingerprint density at radius 3 is 2.62 bits per heavy atom. The summed E-state index contributed by atoms with van der Waals surface area (Å²) >= 11 is 0. The normalized spacial score (nSPS) is 12.8. The van der Waals surface area contributed by atoms with Crippen molar-refractivity contribution in [3.05, 3.63) is 65.5 Å². The smallest absolute Gasteiger partial charge is 0.407 e. The molecule has 0 aliphatic heterocycles. The SMILES string of the molecule is NC(=O)c1cncc(C(O)C(O)CCNC(=O)OCc2ccccc2)c1. The Bertz CT molecular complexity index is 739. The lowest BCUT2D eigenvalue weighted by Gasteiger charge is -2.18. The summed E-state index contributed by atoms with van der Waals surface area (Å²) < 4.78 is 5.04. The molecule has 0 spiro atoms. The number of aromatic nitrogens is 1. The highest BCUT2D eigenvalue weighted by atomic mass is 16.5. The summed E-state index contributed by atoms with van der Waals surface area (Å²) in [4.78, 5) is 26.6. The molecule has 8 nitrogen and oxygen atoms in total. The molecule has 5 N–H and O–H groups in total. The Kier molecular flexibility index (Phi) is 7.07. The van der Waals surface area contributed by atoms with Crippen LogP contribution in [-0.2, 0) is 11.3 Å². The number of nitrogens with two attached hydrogens (primary N) is 1. The number of hydrogen-bond acceptors (Lipinski definition) is 6. The molecule has 26 heavy (non-hydrogen) atoms. The van der Waals surface area contributed by atoms with Crippen LogP contribution in [0.3, 0.4) is 0 Å². The largest absolute Gasteiger partial charge is 0.445 e. The fraction of sp³-hybridized carbons (Fsp3) is 0.278. The van der Waals surface area contributed by atoms with Crippen LogP contribution in [0.4, 0.5) is 4.79 Å². The second kappa shape index (κ2) is 9.50. The average Bonchev–Trinajstić information content (AvgIpc) is 2.66. The number of pyridine rings is 1. The zero-order valence-electron chi connectivity index (χ0n) is 14.0. The van der Waals surface area contributed by atoms with Gasteiger partial charge >= 0.3 is 6.09 Å². The number of primary amides is 1. The maximum Gasteiger partial charge on any atom is 0.407 e. The van der Waals surface area contributed by atoms with E-state index in [2.05, 4.69) is 10.3 Å². The van der Waals surface area contributed by atoms with Gasteiger partial charge in [0.2, 0.25) is 5.91 Å². The van der Waals surface area contributed by atoms with E-state index >= 15 is 0 Å². The van der Waals surface area contributed by atoms with Gasteiger partial charge in [-0.3, -0.25) is 9.78 Å². The summed E-state index contributed by atoms with van der Waals surface area (Å²) in [5.74, 6) is -0.677. The van der Waals surface area contributed by atoms with E-state index in [4.69, 9.17) is 10.5 Å². The number of hydrogen-bond donors (Lipinski definition) is 4. The molecule has 2 aromatic rings. The summed E-state index contributed by atoms with van der Waals surface area (Å²) in [7, 11) is 0. The summed E-state index contributed by atoms with van der Waals surface area (Å²) in [5, 5.41) is 22.7. The van der Waals surface area contributed by atoms with Crippen LogP contribution in [0.5, 0.6) is 0 Å². The highest BCUT2D eigenvalue weighted by Crippen LogP contribution is 2.18. The third-order valence-electron chi connectivity index (χ3n) is 3.67. The maximum absolute atomic E-state index is 11.6. The minimum absolute atomic E-state index is 0.0857. The molecule has 0 aliphatic rings. The molecule has 2 unspecified atom stereocenters. The molecule has 2 atom stereocenters. The molecule has 0 saturated heterocycles. The zero-order valence-corrected chi connectivity index (χ0v) is 14.0. The van der Waals surface area contributed by atoms with Crippen LogP contribution < -0.4 is 11.1 Å². The topological polar surface area (TPSA) is 135 Å². The predicted octanol–water partition coefficient (Wildman–Crippen LogP) is 0.891. The lowest BCUT2D eigenvalue weighted by molar-refractivity contribution is 0.0134. The Hall–Kier alpha value is -2.97. The van der Waals surface area contributed by atoms with Crippen molar-refractivity contribution in [3.8, 4) is 0 Å². The van der Waals surface area contributed by atoms with Crippen molar-refractivity contribution >= 4 is 12.0 Å². The summed E-state index contributed by atoms with van der Waals surface area (Å²) in [5.41, 5.74) is 6.42. The van der Waals surface area contributed by atoms with Crippen LogP contribution in [0.2, 0.25) is 0 Å². The molecule has 0 bridgehead atoms. The Morgan fingerprint density at radius 1 is 1.19 bits per heavy atom. The third-order valence-corrected chi connectivity index (χ3v) is 3.67. The van der Waals surface area contributed by atoms with Crippen LogP contribution in [0.1, 0.15) is 34.0 Å². The molecule has 0 fully saturated rings. The Morgan fingerprint density at radius 2 is 1.92 bits per heavy atom. The van der Waals surface area contributed by atoms with Crippen LogP contribution in [0.25, 0.3) is 0 Å². The second-order valence-electron chi connectivity index (χ2n) is 5.66. The number of alkyl carbamates (subject to hydrolysis) is 1. The number of ether oxygens (including phenoxy) is 1. The van der Waals surface area contributed by atoms with E-state index in [1.165, 1.54) is 18.5 Å². The number of aliphatic hydroxyl groups is 2. The number of carbonyl (C=O) groups excluding carboxylic acids is 2. The fourth-order valence-corrected chi connectivity index (χ4v) is 2.23. The molecule has 0 radical (unpaired) electrons.